The largest absolute Gasteiger partial charge is 0.306 e. The van der Waals surface area contributed by atoms with Gasteiger partial charge in [0.15, 0.2) is 0 Å². The molecule has 0 saturated carbocycles. The van der Waals surface area contributed by atoms with Crippen molar-refractivity contribution < 1.29 is 0 Å². The van der Waals surface area contributed by atoms with Crippen molar-refractivity contribution >= 4 is 0 Å². The van der Waals surface area contributed by atoms with Crippen molar-refractivity contribution in [2.45, 2.75) is 44.7 Å². The third kappa shape index (κ3) is 3.07. The first-order valence-corrected chi connectivity index (χ1v) is 7.56. The van der Waals surface area contributed by atoms with Gasteiger partial charge in [0.2, 0.25) is 0 Å². The summed E-state index contributed by atoms with van der Waals surface area (Å²) in [7, 11) is 0. The highest BCUT2D eigenvalue weighted by molar-refractivity contribution is 5.28. The first kappa shape index (κ1) is 13.3. The van der Waals surface area contributed by atoms with Crippen LogP contribution in [0.4, 0.5) is 0 Å². The second-order valence-corrected chi connectivity index (χ2v) is 5.73. The Hall–Kier alpha value is -1.67. The molecule has 20 heavy (non-hydrogen) atoms. The van der Waals surface area contributed by atoms with Crippen LogP contribution in [-0.4, -0.2) is 11.0 Å². The zero-order valence-electron chi connectivity index (χ0n) is 12.0. The standard InChI is InChI=1S/C18H22N2/c1-14(9-10-15-6-3-2-4-7-15)20-17-12-11-16-8-5-13-19-18(16)17/h2-8,13-14,17,20H,9-12H2,1H3. The van der Waals surface area contributed by atoms with Crippen molar-refractivity contribution in [3.05, 3.63) is 65.5 Å². The number of fused-ring (bicyclic) bond motifs is 1. The summed E-state index contributed by atoms with van der Waals surface area (Å²) in [6, 6.07) is 15.9. The van der Waals surface area contributed by atoms with Gasteiger partial charge in [-0.25, -0.2) is 0 Å². The molecule has 2 nitrogen and oxygen atoms in total. The van der Waals surface area contributed by atoms with E-state index in [0.717, 1.165) is 12.8 Å². The van der Waals surface area contributed by atoms with Crippen LogP contribution in [0, 0.1) is 0 Å². The molecule has 1 aliphatic carbocycles. The van der Waals surface area contributed by atoms with E-state index in [0.29, 0.717) is 12.1 Å². The van der Waals surface area contributed by atoms with Crippen LogP contribution in [0.1, 0.15) is 42.6 Å². The molecule has 0 amide bonds. The molecule has 3 rings (SSSR count). The van der Waals surface area contributed by atoms with Crippen molar-refractivity contribution in [1.29, 1.82) is 0 Å². The van der Waals surface area contributed by atoms with E-state index >= 15 is 0 Å². The number of pyridine rings is 1. The molecule has 0 radical (unpaired) electrons. The lowest BCUT2D eigenvalue weighted by atomic mass is 10.1. The number of hydrogen-bond acceptors (Lipinski definition) is 2. The van der Waals surface area contributed by atoms with E-state index in [1.807, 2.05) is 12.3 Å². The van der Waals surface area contributed by atoms with Crippen LogP contribution < -0.4 is 5.32 Å². The maximum atomic E-state index is 4.55. The number of aromatic nitrogens is 1. The quantitative estimate of drug-likeness (QED) is 0.893. The Morgan fingerprint density at radius 1 is 1.20 bits per heavy atom. The van der Waals surface area contributed by atoms with Crippen LogP contribution in [0.2, 0.25) is 0 Å². The van der Waals surface area contributed by atoms with Gasteiger partial charge >= 0.3 is 0 Å². The minimum Gasteiger partial charge on any atom is -0.306 e. The van der Waals surface area contributed by atoms with E-state index in [1.54, 1.807) is 0 Å². The Balaban J connectivity index is 1.54. The zero-order valence-corrected chi connectivity index (χ0v) is 12.0. The molecule has 1 aromatic heterocycles. The third-order valence-corrected chi connectivity index (χ3v) is 4.15. The molecular formula is C18H22N2. The predicted octanol–water partition coefficient (Wildman–Crippen LogP) is 3.68. The van der Waals surface area contributed by atoms with E-state index < -0.39 is 0 Å². The minimum atomic E-state index is 0.442. The molecule has 1 aliphatic rings. The maximum Gasteiger partial charge on any atom is 0.0605 e. The molecule has 2 aromatic rings. The molecule has 0 aliphatic heterocycles. The molecule has 0 fully saturated rings. The van der Waals surface area contributed by atoms with E-state index in [4.69, 9.17) is 0 Å². The smallest absolute Gasteiger partial charge is 0.0605 e. The van der Waals surface area contributed by atoms with E-state index in [-0.39, 0.29) is 0 Å². The molecule has 0 saturated heterocycles. The second-order valence-electron chi connectivity index (χ2n) is 5.73. The van der Waals surface area contributed by atoms with Crippen LogP contribution in [0.3, 0.4) is 0 Å². The summed E-state index contributed by atoms with van der Waals surface area (Å²) in [5.74, 6) is 0. The SMILES string of the molecule is CC(CCc1ccccc1)NC1CCc2cccnc21. The van der Waals surface area contributed by atoms with Crippen LogP contribution in [0.25, 0.3) is 0 Å². The molecule has 104 valence electrons. The lowest BCUT2D eigenvalue weighted by molar-refractivity contribution is 0.429. The molecule has 2 unspecified atom stereocenters. The highest BCUT2D eigenvalue weighted by Gasteiger charge is 2.24. The summed E-state index contributed by atoms with van der Waals surface area (Å²) in [4.78, 5) is 4.55. The van der Waals surface area contributed by atoms with E-state index in [2.05, 4.69) is 53.6 Å². The van der Waals surface area contributed by atoms with Crippen molar-refractivity contribution in [2.75, 3.05) is 0 Å². The normalized spacial score (nSPS) is 18.8. The van der Waals surface area contributed by atoms with Gasteiger partial charge in [-0.2, -0.15) is 0 Å². The monoisotopic (exact) mass is 266 g/mol. The van der Waals surface area contributed by atoms with Gasteiger partial charge in [0.1, 0.15) is 0 Å². The Morgan fingerprint density at radius 2 is 2.05 bits per heavy atom. The van der Waals surface area contributed by atoms with Crippen LogP contribution in [-0.2, 0) is 12.8 Å². The van der Waals surface area contributed by atoms with Gasteiger partial charge in [0, 0.05) is 12.2 Å². The molecule has 1 aromatic carbocycles. The van der Waals surface area contributed by atoms with Gasteiger partial charge < -0.3 is 5.32 Å². The lowest BCUT2D eigenvalue weighted by Crippen LogP contribution is -2.30. The van der Waals surface area contributed by atoms with Gasteiger partial charge in [-0.15, -0.1) is 0 Å². The number of benzene rings is 1. The van der Waals surface area contributed by atoms with Gasteiger partial charge in [-0.3, -0.25) is 4.98 Å². The average Bonchev–Trinajstić information content (AvgIpc) is 2.90. The molecule has 0 spiro atoms. The summed E-state index contributed by atoms with van der Waals surface area (Å²) in [5, 5.41) is 3.74. The molecule has 0 bridgehead atoms. The zero-order chi connectivity index (χ0) is 13.8. The van der Waals surface area contributed by atoms with Crippen molar-refractivity contribution in [3.8, 4) is 0 Å². The Morgan fingerprint density at radius 3 is 2.90 bits per heavy atom. The fraction of sp³-hybridized carbons (Fsp3) is 0.389. The number of hydrogen-bond donors (Lipinski definition) is 1. The average molecular weight is 266 g/mol. The topological polar surface area (TPSA) is 24.9 Å². The van der Waals surface area contributed by atoms with Gasteiger partial charge in [0.25, 0.3) is 0 Å². The Kier molecular flexibility index (Phi) is 4.12. The highest BCUT2D eigenvalue weighted by Crippen LogP contribution is 2.29. The molecule has 2 atom stereocenters. The maximum absolute atomic E-state index is 4.55. The molecule has 1 heterocycles. The van der Waals surface area contributed by atoms with E-state index in [9.17, 15) is 0 Å². The van der Waals surface area contributed by atoms with E-state index in [1.165, 1.54) is 29.7 Å². The first-order chi connectivity index (χ1) is 9.83. The van der Waals surface area contributed by atoms with Gasteiger partial charge in [-0.05, 0) is 49.8 Å². The second kappa shape index (κ2) is 6.19. The number of rotatable bonds is 5. The summed E-state index contributed by atoms with van der Waals surface area (Å²) in [5.41, 5.74) is 4.10. The van der Waals surface area contributed by atoms with Crippen LogP contribution >= 0.6 is 0 Å². The molecule has 2 heteroatoms. The summed E-state index contributed by atoms with van der Waals surface area (Å²) < 4.78 is 0. The summed E-state index contributed by atoms with van der Waals surface area (Å²) >= 11 is 0. The van der Waals surface area contributed by atoms with Crippen molar-refractivity contribution in [1.82, 2.24) is 10.3 Å². The van der Waals surface area contributed by atoms with Crippen molar-refractivity contribution in [3.63, 3.8) is 0 Å². The van der Waals surface area contributed by atoms with Gasteiger partial charge in [0.05, 0.1) is 11.7 Å². The minimum absolute atomic E-state index is 0.442. The fourth-order valence-corrected chi connectivity index (χ4v) is 3.03. The lowest BCUT2D eigenvalue weighted by Gasteiger charge is -2.19. The highest BCUT2D eigenvalue weighted by atomic mass is 15.0. The van der Waals surface area contributed by atoms with Crippen molar-refractivity contribution in [2.24, 2.45) is 0 Å². The first-order valence-electron chi connectivity index (χ1n) is 7.56. The van der Waals surface area contributed by atoms with Crippen LogP contribution in [0.5, 0.6) is 0 Å². The van der Waals surface area contributed by atoms with Gasteiger partial charge in [-0.1, -0.05) is 36.4 Å². The molecule has 1 N–H and O–H groups in total. The van der Waals surface area contributed by atoms with Crippen LogP contribution in [0.15, 0.2) is 48.7 Å². The Bertz CT molecular complexity index is 550. The number of nitrogens with one attached hydrogen (secondary N) is 1. The number of aryl methyl sites for hydroxylation is 2. The third-order valence-electron chi connectivity index (χ3n) is 4.15. The summed E-state index contributed by atoms with van der Waals surface area (Å²) in [6.45, 7) is 2.28. The predicted molar refractivity (Wildman–Crippen MR) is 82.7 cm³/mol. The summed E-state index contributed by atoms with van der Waals surface area (Å²) in [6.07, 6.45) is 6.56. The molecular weight excluding hydrogens is 244 g/mol. The Labute approximate surface area is 121 Å². The number of nitrogens with zero attached hydrogens (tertiary/aromatic N) is 1. The fourth-order valence-electron chi connectivity index (χ4n) is 3.03.